The van der Waals surface area contributed by atoms with Crippen molar-refractivity contribution in [3.63, 3.8) is 0 Å². The first-order valence-electron chi connectivity index (χ1n) is 9.17. The van der Waals surface area contributed by atoms with Gasteiger partial charge in [0.1, 0.15) is 11.3 Å². The van der Waals surface area contributed by atoms with Crippen LogP contribution in [0.3, 0.4) is 0 Å². The fourth-order valence-electron chi connectivity index (χ4n) is 3.76. The van der Waals surface area contributed by atoms with Crippen molar-refractivity contribution in [2.24, 2.45) is 0 Å². The Balaban J connectivity index is 1.62. The SMILES string of the molecule is CCCC(C)N1CC2(CCN(C(=O)c3cccc(C)n3)CC2)OC1=O. The Morgan fingerprint density at radius 3 is 2.72 bits per heavy atom. The number of amides is 2. The highest BCUT2D eigenvalue weighted by Gasteiger charge is 2.48. The maximum Gasteiger partial charge on any atom is 0.410 e. The minimum Gasteiger partial charge on any atom is -0.441 e. The number of carbonyl (C=O) groups is 2. The lowest BCUT2D eigenvalue weighted by Crippen LogP contribution is -2.49. The lowest BCUT2D eigenvalue weighted by atomic mass is 9.90. The predicted octanol–water partition coefficient (Wildman–Crippen LogP) is 3.01. The Morgan fingerprint density at radius 2 is 2.08 bits per heavy atom. The molecule has 1 aromatic rings. The van der Waals surface area contributed by atoms with Crippen molar-refractivity contribution in [1.82, 2.24) is 14.8 Å². The summed E-state index contributed by atoms with van der Waals surface area (Å²) >= 11 is 0. The van der Waals surface area contributed by atoms with Gasteiger partial charge in [-0.25, -0.2) is 9.78 Å². The van der Waals surface area contributed by atoms with E-state index in [4.69, 9.17) is 4.74 Å². The lowest BCUT2D eigenvalue weighted by Gasteiger charge is -2.37. The molecule has 2 amide bonds. The summed E-state index contributed by atoms with van der Waals surface area (Å²) in [7, 11) is 0. The van der Waals surface area contributed by atoms with Gasteiger partial charge < -0.3 is 14.5 Å². The normalized spacial score (nSPS) is 20.7. The fourth-order valence-corrected chi connectivity index (χ4v) is 3.76. The van der Waals surface area contributed by atoms with Gasteiger partial charge in [0.05, 0.1) is 6.54 Å². The zero-order valence-corrected chi connectivity index (χ0v) is 15.3. The summed E-state index contributed by atoms with van der Waals surface area (Å²) in [5, 5.41) is 0. The summed E-state index contributed by atoms with van der Waals surface area (Å²) in [5.74, 6) is -0.0425. The average molecular weight is 345 g/mol. The second-order valence-electron chi connectivity index (χ2n) is 7.27. The second-order valence-corrected chi connectivity index (χ2v) is 7.27. The predicted molar refractivity (Wildman–Crippen MR) is 94.4 cm³/mol. The molecule has 2 aliphatic rings. The van der Waals surface area contributed by atoms with Crippen LogP contribution in [0, 0.1) is 6.92 Å². The van der Waals surface area contributed by atoms with Gasteiger partial charge in [-0.2, -0.15) is 0 Å². The molecular weight excluding hydrogens is 318 g/mol. The number of piperidine rings is 1. The Morgan fingerprint density at radius 1 is 1.36 bits per heavy atom. The van der Waals surface area contributed by atoms with E-state index in [1.54, 1.807) is 6.07 Å². The van der Waals surface area contributed by atoms with Crippen molar-refractivity contribution in [3.8, 4) is 0 Å². The molecule has 1 unspecified atom stereocenters. The molecule has 1 atom stereocenters. The van der Waals surface area contributed by atoms with Crippen molar-refractivity contribution in [2.75, 3.05) is 19.6 Å². The van der Waals surface area contributed by atoms with E-state index in [-0.39, 0.29) is 18.0 Å². The molecule has 0 bridgehead atoms. The van der Waals surface area contributed by atoms with Gasteiger partial charge in [-0.15, -0.1) is 0 Å². The standard InChI is InChI=1S/C19H27N3O3/c1-4-6-15(3)22-13-19(25-18(22)24)9-11-21(12-10-19)17(23)16-8-5-7-14(2)20-16/h5,7-8,15H,4,6,9-13H2,1-3H3. The molecule has 6 nitrogen and oxygen atoms in total. The second kappa shape index (κ2) is 7.02. The van der Waals surface area contributed by atoms with Gasteiger partial charge in [0, 0.05) is 37.7 Å². The summed E-state index contributed by atoms with van der Waals surface area (Å²) < 4.78 is 5.76. The van der Waals surface area contributed by atoms with Crippen LogP contribution in [0.5, 0.6) is 0 Å². The van der Waals surface area contributed by atoms with Crippen LogP contribution in [0.4, 0.5) is 4.79 Å². The summed E-state index contributed by atoms with van der Waals surface area (Å²) in [4.78, 5) is 32.9. The van der Waals surface area contributed by atoms with Crippen LogP contribution in [-0.2, 0) is 4.74 Å². The van der Waals surface area contributed by atoms with Crippen LogP contribution in [-0.4, -0.2) is 58.1 Å². The number of carbonyl (C=O) groups excluding carboxylic acids is 2. The van der Waals surface area contributed by atoms with Crippen molar-refractivity contribution < 1.29 is 14.3 Å². The molecule has 2 fully saturated rings. The number of likely N-dealkylation sites (tertiary alicyclic amines) is 1. The maximum absolute atomic E-state index is 12.6. The minimum absolute atomic E-state index is 0.0425. The maximum atomic E-state index is 12.6. The van der Waals surface area contributed by atoms with E-state index < -0.39 is 5.60 Å². The van der Waals surface area contributed by atoms with E-state index in [1.165, 1.54) is 0 Å². The van der Waals surface area contributed by atoms with Crippen LogP contribution < -0.4 is 0 Å². The summed E-state index contributed by atoms with van der Waals surface area (Å²) in [6.07, 6.45) is 3.19. The summed E-state index contributed by atoms with van der Waals surface area (Å²) in [5.41, 5.74) is 0.887. The van der Waals surface area contributed by atoms with E-state index in [0.29, 0.717) is 38.2 Å². The number of hydrogen-bond donors (Lipinski definition) is 0. The van der Waals surface area contributed by atoms with E-state index in [9.17, 15) is 9.59 Å². The summed E-state index contributed by atoms with van der Waals surface area (Å²) in [6, 6.07) is 5.69. The Kier molecular flexibility index (Phi) is 4.97. The molecule has 25 heavy (non-hydrogen) atoms. The van der Waals surface area contributed by atoms with E-state index >= 15 is 0 Å². The van der Waals surface area contributed by atoms with E-state index in [1.807, 2.05) is 28.9 Å². The van der Waals surface area contributed by atoms with Gasteiger partial charge in [-0.1, -0.05) is 19.4 Å². The fraction of sp³-hybridized carbons (Fsp3) is 0.632. The average Bonchev–Trinajstić information content (AvgIpc) is 2.91. The molecule has 6 heteroatoms. The van der Waals surface area contributed by atoms with Crippen molar-refractivity contribution in [3.05, 3.63) is 29.6 Å². The topological polar surface area (TPSA) is 62.7 Å². The Bertz CT molecular complexity index is 653. The lowest BCUT2D eigenvalue weighted by molar-refractivity contribution is 0.00289. The van der Waals surface area contributed by atoms with E-state index in [2.05, 4.69) is 18.8 Å². The Labute approximate surface area is 149 Å². The van der Waals surface area contributed by atoms with Gasteiger partial charge in [0.2, 0.25) is 0 Å². The zero-order chi connectivity index (χ0) is 18.0. The van der Waals surface area contributed by atoms with Crippen LogP contribution in [0.25, 0.3) is 0 Å². The van der Waals surface area contributed by atoms with Crippen molar-refractivity contribution in [2.45, 2.75) is 58.1 Å². The number of aromatic nitrogens is 1. The van der Waals surface area contributed by atoms with Gasteiger partial charge >= 0.3 is 6.09 Å². The molecule has 0 aliphatic carbocycles. The number of pyridine rings is 1. The quantitative estimate of drug-likeness (QED) is 0.841. The van der Waals surface area contributed by atoms with Crippen molar-refractivity contribution in [1.29, 1.82) is 0 Å². The molecule has 1 spiro atoms. The monoisotopic (exact) mass is 345 g/mol. The number of hydrogen-bond acceptors (Lipinski definition) is 4. The molecule has 2 saturated heterocycles. The number of rotatable bonds is 4. The van der Waals surface area contributed by atoms with E-state index in [0.717, 1.165) is 18.5 Å². The van der Waals surface area contributed by atoms with Crippen molar-refractivity contribution >= 4 is 12.0 Å². The molecule has 3 heterocycles. The van der Waals surface area contributed by atoms with Gasteiger partial charge in [0.25, 0.3) is 5.91 Å². The highest BCUT2D eigenvalue weighted by molar-refractivity contribution is 5.92. The number of ether oxygens (including phenoxy) is 1. The first-order valence-corrected chi connectivity index (χ1v) is 9.17. The number of nitrogens with zero attached hydrogens (tertiary/aromatic N) is 3. The molecule has 2 aliphatic heterocycles. The largest absolute Gasteiger partial charge is 0.441 e. The molecule has 136 valence electrons. The van der Waals surface area contributed by atoms with Crippen LogP contribution in [0.1, 0.15) is 55.7 Å². The number of aryl methyl sites for hydroxylation is 1. The molecule has 0 N–H and O–H groups in total. The summed E-state index contributed by atoms with van der Waals surface area (Å²) in [6.45, 7) is 7.90. The van der Waals surface area contributed by atoms with Gasteiger partial charge in [-0.05, 0) is 32.4 Å². The molecule has 0 aromatic carbocycles. The molecule has 3 rings (SSSR count). The highest BCUT2D eigenvalue weighted by atomic mass is 16.6. The van der Waals surface area contributed by atoms with Crippen LogP contribution in [0.2, 0.25) is 0 Å². The molecule has 0 saturated carbocycles. The Hall–Kier alpha value is -2.11. The highest BCUT2D eigenvalue weighted by Crippen LogP contribution is 2.35. The molecule has 1 aromatic heterocycles. The molecular formula is C19H27N3O3. The third kappa shape index (κ3) is 3.62. The first-order chi connectivity index (χ1) is 11.9. The van der Waals surface area contributed by atoms with Crippen LogP contribution in [0.15, 0.2) is 18.2 Å². The molecule has 0 radical (unpaired) electrons. The van der Waals surface area contributed by atoms with Gasteiger partial charge in [0.15, 0.2) is 0 Å². The minimum atomic E-state index is -0.435. The van der Waals surface area contributed by atoms with Gasteiger partial charge in [-0.3, -0.25) is 4.79 Å². The zero-order valence-electron chi connectivity index (χ0n) is 15.3. The van der Waals surface area contributed by atoms with Crippen LogP contribution >= 0.6 is 0 Å². The third-order valence-electron chi connectivity index (χ3n) is 5.30. The first kappa shape index (κ1) is 17.7. The smallest absolute Gasteiger partial charge is 0.410 e. The third-order valence-corrected chi connectivity index (χ3v) is 5.30.